The highest BCUT2D eigenvalue weighted by molar-refractivity contribution is 7.98. The van der Waals surface area contributed by atoms with E-state index in [-0.39, 0.29) is 12.5 Å². The van der Waals surface area contributed by atoms with Crippen LogP contribution in [0.25, 0.3) is 0 Å². The molecule has 0 aliphatic carbocycles. The van der Waals surface area contributed by atoms with Gasteiger partial charge in [-0.15, -0.1) is 11.8 Å². The Morgan fingerprint density at radius 1 is 1.26 bits per heavy atom. The van der Waals surface area contributed by atoms with Gasteiger partial charge in [0.15, 0.2) is 0 Å². The normalized spacial score (nSPS) is 16.4. The van der Waals surface area contributed by atoms with Crippen molar-refractivity contribution in [1.29, 1.82) is 0 Å². The fourth-order valence-electron chi connectivity index (χ4n) is 2.63. The van der Waals surface area contributed by atoms with E-state index in [1.165, 1.54) is 11.8 Å². The van der Waals surface area contributed by atoms with Crippen molar-refractivity contribution in [2.24, 2.45) is 0 Å². The quantitative estimate of drug-likeness (QED) is 0.618. The molecular weight excluding hydrogens is 314 g/mol. The van der Waals surface area contributed by atoms with Crippen molar-refractivity contribution in [2.75, 3.05) is 18.1 Å². The number of para-hydroxylation sites is 1. The molecule has 1 aromatic carbocycles. The van der Waals surface area contributed by atoms with Crippen LogP contribution in [0.3, 0.4) is 0 Å². The maximum atomic E-state index is 12.5. The zero-order valence-corrected chi connectivity index (χ0v) is 14.3. The number of amides is 4. The van der Waals surface area contributed by atoms with Gasteiger partial charge in [-0.3, -0.25) is 14.5 Å². The zero-order valence-electron chi connectivity index (χ0n) is 13.5. The van der Waals surface area contributed by atoms with E-state index < -0.39 is 17.5 Å². The maximum Gasteiger partial charge on any atom is 0.325 e. The molecule has 124 valence electrons. The molecule has 1 aromatic rings. The molecule has 1 heterocycles. The molecule has 0 spiro atoms. The van der Waals surface area contributed by atoms with E-state index in [0.717, 1.165) is 9.80 Å². The molecule has 0 bridgehead atoms. The fourth-order valence-corrected chi connectivity index (χ4v) is 3.18. The van der Waals surface area contributed by atoms with Crippen LogP contribution in [0, 0.1) is 0 Å². The summed E-state index contributed by atoms with van der Waals surface area (Å²) in [4.78, 5) is 38.6. The van der Waals surface area contributed by atoms with Gasteiger partial charge in [0, 0.05) is 4.90 Å². The molecule has 7 heteroatoms. The Morgan fingerprint density at radius 2 is 1.91 bits per heavy atom. The SMILES string of the molecule is CCC1(CC)NC(=O)N(CC(=O)Nc2ccccc2SC)C1=O. The summed E-state index contributed by atoms with van der Waals surface area (Å²) in [5.41, 5.74) is -0.205. The highest BCUT2D eigenvalue weighted by Crippen LogP contribution is 2.26. The van der Waals surface area contributed by atoms with E-state index in [1.54, 1.807) is 6.07 Å². The average molecular weight is 335 g/mol. The van der Waals surface area contributed by atoms with Gasteiger partial charge in [-0.1, -0.05) is 26.0 Å². The number of carbonyl (C=O) groups excluding carboxylic acids is 3. The number of benzene rings is 1. The van der Waals surface area contributed by atoms with Gasteiger partial charge in [0.2, 0.25) is 5.91 Å². The highest BCUT2D eigenvalue weighted by atomic mass is 32.2. The first-order valence-electron chi connectivity index (χ1n) is 7.54. The van der Waals surface area contributed by atoms with Gasteiger partial charge in [-0.25, -0.2) is 4.79 Å². The number of urea groups is 1. The van der Waals surface area contributed by atoms with Crippen LogP contribution in [0.1, 0.15) is 26.7 Å². The molecule has 1 saturated heterocycles. The Kier molecular flexibility index (Phi) is 5.30. The second kappa shape index (κ2) is 7.04. The minimum absolute atomic E-state index is 0.283. The van der Waals surface area contributed by atoms with Crippen molar-refractivity contribution in [3.63, 3.8) is 0 Å². The molecule has 4 amide bonds. The van der Waals surface area contributed by atoms with E-state index >= 15 is 0 Å². The summed E-state index contributed by atoms with van der Waals surface area (Å²) < 4.78 is 0. The van der Waals surface area contributed by atoms with Crippen LogP contribution in [0.5, 0.6) is 0 Å². The Balaban J connectivity index is 2.09. The number of nitrogens with one attached hydrogen (secondary N) is 2. The van der Waals surface area contributed by atoms with Crippen LogP contribution >= 0.6 is 11.8 Å². The average Bonchev–Trinajstić information content (AvgIpc) is 2.80. The maximum absolute atomic E-state index is 12.5. The first-order valence-corrected chi connectivity index (χ1v) is 8.77. The van der Waals surface area contributed by atoms with E-state index in [0.29, 0.717) is 18.5 Å². The lowest BCUT2D eigenvalue weighted by Crippen LogP contribution is -2.46. The van der Waals surface area contributed by atoms with Gasteiger partial charge in [0.1, 0.15) is 12.1 Å². The van der Waals surface area contributed by atoms with Gasteiger partial charge in [-0.05, 0) is 31.2 Å². The lowest BCUT2D eigenvalue weighted by atomic mass is 9.93. The molecule has 0 aromatic heterocycles. The summed E-state index contributed by atoms with van der Waals surface area (Å²) >= 11 is 1.51. The molecule has 0 saturated carbocycles. The third kappa shape index (κ3) is 3.34. The molecule has 1 fully saturated rings. The third-order valence-corrected chi connectivity index (χ3v) is 4.93. The number of carbonyl (C=O) groups is 3. The predicted octanol–water partition coefficient (Wildman–Crippen LogP) is 2.46. The van der Waals surface area contributed by atoms with E-state index in [1.807, 2.05) is 38.3 Å². The standard InChI is InChI=1S/C16H21N3O3S/c1-4-16(5-2)14(21)19(15(22)18-16)10-13(20)17-11-8-6-7-9-12(11)23-3/h6-9H,4-5,10H2,1-3H3,(H,17,20)(H,18,22). The number of rotatable bonds is 6. The van der Waals surface area contributed by atoms with Crippen LogP contribution in [0.2, 0.25) is 0 Å². The van der Waals surface area contributed by atoms with E-state index in [2.05, 4.69) is 10.6 Å². The lowest BCUT2D eigenvalue weighted by molar-refractivity contribution is -0.134. The molecule has 0 atom stereocenters. The lowest BCUT2D eigenvalue weighted by Gasteiger charge is -2.23. The van der Waals surface area contributed by atoms with Crippen LogP contribution in [-0.4, -0.2) is 41.1 Å². The predicted molar refractivity (Wildman–Crippen MR) is 90.4 cm³/mol. The molecule has 0 unspecified atom stereocenters. The molecule has 2 rings (SSSR count). The highest BCUT2D eigenvalue weighted by Gasteiger charge is 2.49. The number of anilines is 1. The Morgan fingerprint density at radius 3 is 2.48 bits per heavy atom. The summed E-state index contributed by atoms with van der Waals surface area (Å²) in [6.45, 7) is 3.41. The number of thioether (sulfide) groups is 1. The first-order chi connectivity index (χ1) is 11.0. The van der Waals surface area contributed by atoms with Crippen LogP contribution in [0.4, 0.5) is 10.5 Å². The minimum atomic E-state index is -0.880. The van der Waals surface area contributed by atoms with Gasteiger partial charge < -0.3 is 10.6 Å². The number of nitrogens with zero attached hydrogens (tertiary/aromatic N) is 1. The summed E-state index contributed by atoms with van der Waals surface area (Å²) in [7, 11) is 0. The van der Waals surface area contributed by atoms with Crippen molar-refractivity contribution >= 4 is 35.3 Å². The topological polar surface area (TPSA) is 78.5 Å². The summed E-state index contributed by atoms with van der Waals surface area (Å²) in [5.74, 6) is -0.723. The summed E-state index contributed by atoms with van der Waals surface area (Å²) in [6.07, 6.45) is 2.92. The van der Waals surface area contributed by atoms with E-state index in [4.69, 9.17) is 0 Å². The van der Waals surface area contributed by atoms with E-state index in [9.17, 15) is 14.4 Å². The van der Waals surface area contributed by atoms with Gasteiger partial charge in [0.25, 0.3) is 5.91 Å². The summed E-state index contributed by atoms with van der Waals surface area (Å²) in [6, 6.07) is 6.88. The van der Waals surface area contributed by atoms with Gasteiger partial charge in [0.05, 0.1) is 5.69 Å². The number of hydrogen-bond donors (Lipinski definition) is 2. The van der Waals surface area contributed by atoms with Crippen molar-refractivity contribution in [1.82, 2.24) is 10.2 Å². The third-order valence-electron chi connectivity index (χ3n) is 4.14. The zero-order chi connectivity index (χ0) is 17.0. The number of imide groups is 1. The van der Waals surface area contributed by atoms with Crippen LogP contribution in [0.15, 0.2) is 29.2 Å². The van der Waals surface area contributed by atoms with Gasteiger partial charge in [-0.2, -0.15) is 0 Å². The smallest absolute Gasteiger partial charge is 0.324 e. The molecular formula is C16H21N3O3S. The largest absolute Gasteiger partial charge is 0.325 e. The van der Waals surface area contributed by atoms with Gasteiger partial charge >= 0.3 is 6.03 Å². The van der Waals surface area contributed by atoms with Crippen LogP contribution < -0.4 is 10.6 Å². The first kappa shape index (κ1) is 17.3. The Hall–Kier alpha value is -2.02. The molecule has 6 nitrogen and oxygen atoms in total. The van der Waals surface area contributed by atoms with Crippen molar-refractivity contribution in [3.05, 3.63) is 24.3 Å². The minimum Gasteiger partial charge on any atom is -0.324 e. The van der Waals surface area contributed by atoms with Crippen molar-refractivity contribution < 1.29 is 14.4 Å². The fraction of sp³-hybridized carbons (Fsp3) is 0.438. The van der Waals surface area contributed by atoms with Crippen LogP contribution in [-0.2, 0) is 9.59 Å². The molecule has 2 N–H and O–H groups in total. The summed E-state index contributed by atoms with van der Waals surface area (Å²) in [5, 5.41) is 5.47. The second-order valence-corrected chi connectivity index (χ2v) is 6.21. The monoisotopic (exact) mass is 335 g/mol. The molecule has 1 aliphatic heterocycles. The van der Waals surface area contributed by atoms with Crippen molar-refractivity contribution in [2.45, 2.75) is 37.1 Å². The second-order valence-electron chi connectivity index (χ2n) is 5.36. The molecule has 0 radical (unpaired) electrons. The Bertz CT molecular complexity index is 629. The van der Waals surface area contributed by atoms with Crippen molar-refractivity contribution in [3.8, 4) is 0 Å². The Labute approximate surface area is 140 Å². The number of hydrogen-bond acceptors (Lipinski definition) is 4. The molecule has 23 heavy (non-hydrogen) atoms. The molecule has 1 aliphatic rings.